The van der Waals surface area contributed by atoms with Crippen LogP contribution in [0.5, 0.6) is 0 Å². The van der Waals surface area contributed by atoms with Gasteiger partial charge in [0.15, 0.2) is 11.2 Å². The summed E-state index contributed by atoms with van der Waals surface area (Å²) in [7, 11) is 4.49. The Kier molecular flexibility index (Phi) is 5.19. The third kappa shape index (κ3) is 3.28. The van der Waals surface area contributed by atoms with Gasteiger partial charge >= 0.3 is 11.2 Å². The fourth-order valence-corrected chi connectivity index (χ4v) is 2.45. The van der Waals surface area contributed by atoms with Gasteiger partial charge in [0.05, 0.1) is 25.6 Å². The van der Waals surface area contributed by atoms with E-state index >= 15 is 0 Å². The van der Waals surface area contributed by atoms with Gasteiger partial charge in [0.2, 0.25) is 0 Å². The molecule has 0 amide bonds. The maximum absolute atomic E-state index is 12.4. The molecule has 0 bridgehead atoms. The van der Waals surface area contributed by atoms with Crippen molar-refractivity contribution in [3.8, 4) is 0 Å². The molecule has 1 atom stereocenters. The predicted octanol–water partition coefficient (Wildman–Crippen LogP) is -2.76. The van der Waals surface area contributed by atoms with Crippen LogP contribution in [0.1, 0.15) is 0 Å². The molecule has 23 heavy (non-hydrogen) atoms. The average Bonchev–Trinajstić information content (AvgIpc) is 2.89. The summed E-state index contributed by atoms with van der Waals surface area (Å²) in [5.41, 5.74) is -0.848. The second-order valence-corrected chi connectivity index (χ2v) is 5.33. The van der Waals surface area contributed by atoms with Crippen LogP contribution in [0.2, 0.25) is 0 Å². The molecule has 0 radical (unpaired) electrons. The molecule has 128 valence electrons. The maximum Gasteiger partial charge on any atom is 0.366 e. The molecule has 10 heteroatoms. The van der Waals surface area contributed by atoms with Crippen molar-refractivity contribution in [2.24, 2.45) is 7.05 Å². The number of likely N-dealkylation sites (N-methyl/N-ethyl adjacent to an activating group) is 1. The van der Waals surface area contributed by atoms with Crippen LogP contribution < -0.4 is 16.1 Å². The lowest BCUT2D eigenvalue weighted by Crippen LogP contribution is -2.42. The monoisotopic (exact) mass is 327 g/mol. The predicted molar refractivity (Wildman–Crippen MR) is 82.3 cm³/mol. The van der Waals surface area contributed by atoms with Crippen molar-refractivity contribution < 1.29 is 15.1 Å². The molecule has 2 aromatic heterocycles. The number of aliphatic hydroxyl groups is 2. The van der Waals surface area contributed by atoms with Gasteiger partial charge in [-0.15, -0.1) is 0 Å². The maximum atomic E-state index is 12.4. The van der Waals surface area contributed by atoms with Gasteiger partial charge in [0, 0.05) is 20.1 Å². The van der Waals surface area contributed by atoms with Crippen LogP contribution in [-0.4, -0.2) is 73.9 Å². The first-order valence-corrected chi connectivity index (χ1v) is 7.09. The molecular formula is C13H21N5O5. The van der Waals surface area contributed by atoms with E-state index in [1.807, 2.05) is 0 Å². The van der Waals surface area contributed by atoms with Crippen molar-refractivity contribution in [2.75, 3.05) is 33.9 Å². The zero-order valence-electron chi connectivity index (χ0n) is 13.3. The first-order chi connectivity index (χ1) is 10.9. The number of fused-ring (bicyclic) bond motifs is 1. The Balaban J connectivity index is 2.38. The van der Waals surface area contributed by atoms with E-state index in [1.165, 1.54) is 29.6 Å². The van der Waals surface area contributed by atoms with Gasteiger partial charge < -0.3 is 24.5 Å². The van der Waals surface area contributed by atoms with E-state index < -0.39 is 17.4 Å². The van der Waals surface area contributed by atoms with Crippen LogP contribution in [0.25, 0.3) is 11.2 Å². The number of nitrogens with zero attached hydrogens (tertiary/aromatic N) is 5. The summed E-state index contributed by atoms with van der Waals surface area (Å²) < 4.78 is 3.34. The van der Waals surface area contributed by atoms with E-state index in [4.69, 9.17) is 9.94 Å². The second kappa shape index (κ2) is 6.94. The molecule has 0 aromatic carbocycles. The lowest BCUT2D eigenvalue weighted by atomic mass is 10.3. The van der Waals surface area contributed by atoms with Crippen LogP contribution in [0.15, 0.2) is 15.9 Å². The Hall–Kier alpha value is -2.17. The number of aliphatic hydroxyl groups excluding tert-OH is 2. The fraction of sp³-hybridized carbons (Fsp3) is 0.615. The molecule has 0 saturated carbocycles. The third-order valence-electron chi connectivity index (χ3n) is 3.58. The van der Waals surface area contributed by atoms with Crippen LogP contribution in [0.4, 0.5) is 0 Å². The second-order valence-electron chi connectivity index (χ2n) is 5.33. The summed E-state index contributed by atoms with van der Waals surface area (Å²) in [6.45, 7) is 0.887. The van der Waals surface area contributed by atoms with Gasteiger partial charge in [-0.2, -0.15) is 0 Å². The van der Waals surface area contributed by atoms with Crippen LogP contribution in [-0.2, 0) is 13.6 Å². The van der Waals surface area contributed by atoms with Crippen molar-refractivity contribution in [1.29, 1.82) is 0 Å². The van der Waals surface area contributed by atoms with Gasteiger partial charge in [0.25, 0.3) is 0 Å². The Morgan fingerprint density at radius 3 is 2.74 bits per heavy atom. The zero-order valence-corrected chi connectivity index (χ0v) is 13.3. The molecule has 0 saturated heterocycles. The summed E-state index contributed by atoms with van der Waals surface area (Å²) in [4.78, 5) is 35.0. The number of rotatable bonds is 7. The van der Waals surface area contributed by atoms with Gasteiger partial charge in [-0.1, -0.05) is 4.73 Å². The lowest BCUT2D eigenvalue weighted by Gasteiger charge is -2.20. The van der Waals surface area contributed by atoms with Crippen molar-refractivity contribution in [2.45, 2.75) is 12.6 Å². The number of hydrogen-bond acceptors (Lipinski definition) is 7. The highest BCUT2D eigenvalue weighted by molar-refractivity contribution is 5.69. The molecule has 0 aliphatic carbocycles. The van der Waals surface area contributed by atoms with Crippen molar-refractivity contribution >= 4 is 11.2 Å². The van der Waals surface area contributed by atoms with Gasteiger partial charge in [-0.3, -0.25) is 9.36 Å². The molecule has 0 spiro atoms. The highest BCUT2D eigenvalue weighted by Crippen LogP contribution is 2.07. The normalized spacial score (nSPS) is 13.0. The molecular weight excluding hydrogens is 306 g/mol. The van der Waals surface area contributed by atoms with Crippen molar-refractivity contribution in [3.05, 3.63) is 27.2 Å². The summed E-state index contributed by atoms with van der Waals surface area (Å²) in [5.74, 6) is 0. The minimum Gasteiger partial charge on any atom is -0.409 e. The summed E-state index contributed by atoms with van der Waals surface area (Å²) in [6, 6.07) is 0. The Bertz CT molecular complexity index is 792. The summed E-state index contributed by atoms with van der Waals surface area (Å²) in [6.07, 6.45) is 0.636. The van der Waals surface area contributed by atoms with E-state index in [1.54, 1.807) is 11.9 Å². The van der Waals surface area contributed by atoms with E-state index in [2.05, 4.69) is 4.98 Å². The quantitative estimate of drug-likeness (QED) is 0.566. The molecule has 0 aliphatic rings. The molecule has 10 nitrogen and oxygen atoms in total. The van der Waals surface area contributed by atoms with Crippen molar-refractivity contribution in [3.63, 3.8) is 0 Å². The van der Waals surface area contributed by atoms with Gasteiger partial charge in [-0.05, 0) is 7.05 Å². The average molecular weight is 327 g/mol. The third-order valence-corrected chi connectivity index (χ3v) is 3.58. The lowest BCUT2D eigenvalue weighted by molar-refractivity contribution is 0.101. The molecule has 2 heterocycles. The number of imidazole rings is 1. The highest BCUT2D eigenvalue weighted by atomic mass is 16.7. The fourth-order valence-electron chi connectivity index (χ4n) is 2.45. The minimum absolute atomic E-state index is 0.00210. The largest absolute Gasteiger partial charge is 0.409 e. The Morgan fingerprint density at radius 1 is 1.43 bits per heavy atom. The van der Waals surface area contributed by atoms with Crippen LogP contribution in [0, 0.1) is 0 Å². The smallest absolute Gasteiger partial charge is 0.366 e. The van der Waals surface area contributed by atoms with Crippen LogP contribution >= 0.6 is 0 Å². The number of aromatic nitrogens is 4. The molecule has 2 rings (SSSR count). The topological polar surface area (TPSA) is 115 Å². The molecule has 0 aliphatic heterocycles. The Morgan fingerprint density at radius 2 is 2.13 bits per heavy atom. The van der Waals surface area contributed by atoms with E-state index in [-0.39, 0.29) is 24.3 Å². The molecule has 0 fully saturated rings. The van der Waals surface area contributed by atoms with Crippen LogP contribution in [0.3, 0.4) is 0 Å². The number of hydrogen-bond donors (Lipinski definition) is 2. The Labute approximate surface area is 131 Å². The first-order valence-electron chi connectivity index (χ1n) is 7.09. The highest BCUT2D eigenvalue weighted by Gasteiger charge is 2.18. The molecule has 2 aromatic rings. The summed E-state index contributed by atoms with van der Waals surface area (Å²) in [5, 5.41) is 19.0. The minimum atomic E-state index is -0.767. The van der Waals surface area contributed by atoms with Gasteiger partial charge in [0.1, 0.15) is 7.11 Å². The number of aryl methyl sites for hydroxylation is 1. The van der Waals surface area contributed by atoms with Gasteiger partial charge in [-0.25, -0.2) is 9.78 Å². The van der Waals surface area contributed by atoms with E-state index in [0.29, 0.717) is 17.8 Å². The standard InChI is InChI=1S/C13H21N5O5/c1-15(4-5-19)6-9(20)7-17-8-14-11-10(17)12(21)18(23-3)13(22)16(11)2/h8-9,19-20H,4-7H2,1-3H3. The summed E-state index contributed by atoms with van der Waals surface area (Å²) >= 11 is 0. The molecule has 1 unspecified atom stereocenters. The zero-order chi connectivity index (χ0) is 17.1. The van der Waals surface area contributed by atoms with E-state index in [0.717, 1.165) is 0 Å². The van der Waals surface area contributed by atoms with Crippen molar-refractivity contribution in [1.82, 2.24) is 23.7 Å². The first kappa shape index (κ1) is 17.2. The SMILES string of the molecule is COn1c(=O)c2c(ncn2CC(O)CN(C)CCO)n(C)c1=O. The molecule has 2 N–H and O–H groups in total. The van der Waals surface area contributed by atoms with E-state index in [9.17, 15) is 14.7 Å².